The normalized spacial score (nSPS) is 14.4. The summed E-state index contributed by atoms with van der Waals surface area (Å²) in [6.07, 6.45) is 0. The third-order valence-corrected chi connectivity index (χ3v) is 1.66. The summed E-state index contributed by atoms with van der Waals surface area (Å²) in [5.41, 5.74) is 0.0321. The second-order valence-corrected chi connectivity index (χ2v) is 6.22. The molecule has 0 rings (SSSR count). The molecule has 3 nitrogen and oxygen atoms in total. The number of ether oxygens (including phenoxy) is 1. The van der Waals surface area contributed by atoms with Gasteiger partial charge < -0.3 is 4.74 Å². The predicted molar refractivity (Wildman–Crippen MR) is 65.8 cm³/mol. The highest BCUT2D eigenvalue weighted by Gasteiger charge is 2.32. The van der Waals surface area contributed by atoms with E-state index in [-0.39, 0.29) is 11.1 Å². The largest absolute Gasteiger partial charge is 0.348 e. The molecule has 0 radical (unpaired) electrons. The van der Waals surface area contributed by atoms with Crippen LogP contribution in [0.2, 0.25) is 0 Å². The minimum Gasteiger partial charge on any atom is -0.348 e. The molecule has 0 aliphatic rings. The van der Waals surface area contributed by atoms with Crippen LogP contribution in [-0.4, -0.2) is 23.5 Å². The Labute approximate surface area is 95.0 Å². The van der Waals surface area contributed by atoms with Crippen molar-refractivity contribution in [2.75, 3.05) is 6.61 Å². The van der Waals surface area contributed by atoms with Crippen LogP contribution < -0.4 is 10.6 Å². The molecular weight excluding hydrogens is 188 g/mol. The predicted octanol–water partition coefficient (Wildman–Crippen LogP) is 2.47. The monoisotopic (exact) mass is 216 g/mol. The van der Waals surface area contributed by atoms with Crippen LogP contribution in [0.4, 0.5) is 0 Å². The lowest BCUT2D eigenvalue weighted by molar-refractivity contribution is -0.105. The van der Waals surface area contributed by atoms with E-state index in [2.05, 4.69) is 52.2 Å². The first-order chi connectivity index (χ1) is 6.47. The maximum absolute atomic E-state index is 5.76. The molecule has 0 saturated carbocycles. The zero-order valence-corrected chi connectivity index (χ0v) is 11.6. The fourth-order valence-electron chi connectivity index (χ4n) is 1.82. The van der Waals surface area contributed by atoms with E-state index in [1.54, 1.807) is 0 Å². The van der Waals surface area contributed by atoms with Gasteiger partial charge >= 0.3 is 0 Å². The summed E-state index contributed by atoms with van der Waals surface area (Å²) in [5, 5.41) is 6.91. The maximum atomic E-state index is 5.76. The summed E-state index contributed by atoms with van der Waals surface area (Å²) in [6.45, 7) is 17.5. The van der Waals surface area contributed by atoms with E-state index in [1.165, 1.54) is 0 Å². The fraction of sp³-hybridized carbons (Fsp3) is 1.00. The number of rotatable bonds is 4. The molecule has 15 heavy (non-hydrogen) atoms. The Kier molecular flexibility index (Phi) is 4.77. The van der Waals surface area contributed by atoms with E-state index in [0.717, 1.165) is 0 Å². The minimum absolute atomic E-state index is 0.0160. The molecule has 0 bridgehead atoms. The van der Waals surface area contributed by atoms with Gasteiger partial charge in [0.15, 0.2) is 5.85 Å². The average Bonchev–Trinajstić information content (AvgIpc) is 1.74. The van der Waals surface area contributed by atoms with Crippen molar-refractivity contribution in [1.29, 1.82) is 0 Å². The van der Waals surface area contributed by atoms with E-state index in [4.69, 9.17) is 4.74 Å². The molecule has 0 atom stereocenters. The lowest BCUT2D eigenvalue weighted by Crippen LogP contribution is -2.66. The van der Waals surface area contributed by atoms with Gasteiger partial charge in [-0.3, -0.25) is 10.6 Å². The molecular formula is C12H28N2O. The van der Waals surface area contributed by atoms with E-state index < -0.39 is 5.85 Å². The molecule has 0 aromatic heterocycles. The van der Waals surface area contributed by atoms with Gasteiger partial charge in [-0.25, -0.2) is 0 Å². The molecule has 2 N–H and O–H groups in total. The molecule has 0 unspecified atom stereocenters. The van der Waals surface area contributed by atoms with Crippen LogP contribution in [0.5, 0.6) is 0 Å². The van der Waals surface area contributed by atoms with E-state index in [1.807, 2.05) is 13.8 Å². The van der Waals surface area contributed by atoms with Crippen molar-refractivity contribution >= 4 is 0 Å². The van der Waals surface area contributed by atoms with Gasteiger partial charge in [-0.2, -0.15) is 0 Å². The Morgan fingerprint density at radius 2 is 1.13 bits per heavy atom. The van der Waals surface area contributed by atoms with Gasteiger partial charge in [-0.05, 0) is 55.4 Å². The molecule has 0 aliphatic heterocycles. The summed E-state index contributed by atoms with van der Waals surface area (Å²) < 4.78 is 5.76. The lowest BCUT2D eigenvalue weighted by Gasteiger charge is -2.42. The van der Waals surface area contributed by atoms with Gasteiger partial charge in [0.1, 0.15) is 0 Å². The molecule has 0 saturated heterocycles. The van der Waals surface area contributed by atoms with Crippen molar-refractivity contribution in [2.24, 2.45) is 0 Å². The average molecular weight is 216 g/mol. The molecule has 3 heteroatoms. The third kappa shape index (κ3) is 7.77. The maximum Gasteiger partial charge on any atom is 0.172 e. The third-order valence-electron chi connectivity index (χ3n) is 1.66. The Morgan fingerprint density at radius 1 is 0.800 bits per heavy atom. The SMILES string of the molecule is CCOC(C)(NC(C)(C)C)NC(C)(C)C. The van der Waals surface area contributed by atoms with Crippen LogP contribution in [0.15, 0.2) is 0 Å². The topological polar surface area (TPSA) is 33.3 Å². The lowest BCUT2D eigenvalue weighted by atomic mass is 10.1. The zero-order chi connectivity index (χ0) is 12.3. The Bertz CT molecular complexity index is 173. The second-order valence-electron chi connectivity index (χ2n) is 6.22. The van der Waals surface area contributed by atoms with Crippen molar-refractivity contribution in [3.63, 3.8) is 0 Å². The van der Waals surface area contributed by atoms with Gasteiger partial charge in [-0.1, -0.05) is 0 Å². The standard InChI is InChI=1S/C12H28N2O/c1-9-15-12(8,13-10(2,3)4)14-11(5,6)7/h13-14H,9H2,1-8H3. The molecule has 0 fully saturated rings. The highest BCUT2D eigenvalue weighted by atomic mass is 16.5. The summed E-state index contributed by atoms with van der Waals surface area (Å²) in [4.78, 5) is 0. The first kappa shape index (κ1) is 14.9. The molecule has 0 amide bonds. The van der Waals surface area contributed by atoms with Crippen LogP contribution in [0.25, 0.3) is 0 Å². The number of hydrogen-bond acceptors (Lipinski definition) is 3. The van der Waals surface area contributed by atoms with E-state index in [0.29, 0.717) is 6.61 Å². The highest BCUT2D eigenvalue weighted by molar-refractivity contribution is 4.85. The van der Waals surface area contributed by atoms with E-state index in [9.17, 15) is 0 Å². The Balaban J connectivity index is 4.59. The van der Waals surface area contributed by atoms with Crippen molar-refractivity contribution < 1.29 is 4.74 Å². The molecule has 0 aromatic carbocycles. The van der Waals surface area contributed by atoms with Crippen molar-refractivity contribution in [3.05, 3.63) is 0 Å². The van der Waals surface area contributed by atoms with Gasteiger partial charge in [0.2, 0.25) is 0 Å². The van der Waals surface area contributed by atoms with Crippen LogP contribution in [-0.2, 0) is 4.74 Å². The van der Waals surface area contributed by atoms with Crippen LogP contribution in [0, 0.1) is 0 Å². The van der Waals surface area contributed by atoms with Crippen molar-refractivity contribution in [3.8, 4) is 0 Å². The smallest absolute Gasteiger partial charge is 0.172 e. The molecule has 92 valence electrons. The molecule has 0 aromatic rings. The van der Waals surface area contributed by atoms with Gasteiger partial charge in [-0.15, -0.1) is 0 Å². The fourth-order valence-corrected chi connectivity index (χ4v) is 1.82. The van der Waals surface area contributed by atoms with Crippen molar-refractivity contribution in [1.82, 2.24) is 10.6 Å². The Morgan fingerprint density at radius 3 is 1.33 bits per heavy atom. The number of nitrogens with one attached hydrogen (secondary N) is 2. The minimum atomic E-state index is -0.481. The second kappa shape index (κ2) is 4.81. The molecule has 0 aliphatic carbocycles. The first-order valence-electron chi connectivity index (χ1n) is 5.70. The molecule has 0 spiro atoms. The summed E-state index contributed by atoms with van der Waals surface area (Å²) in [7, 11) is 0. The van der Waals surface area contributed by atoms with Crippen molar-refractivity contribution in [2.45, 2.75) is 72.3 Å². The quantitative estimate of drug-likeness (QED) is 0.708. The highest BCUT2D eigenvalue weighted by Crippen LogP contribution is 2.14. The Hall–Kier alpha value is -0.120. The van der Waals surface area contributed by atoms with Crippen LogP contribution in [0.1, 0.15) is 55.4 Å². The number of hydrogen-bond donors (Lipinski definition) is 2. The summed E-state index contributed by atoms with van der Waals surface area (Å²) in [6, 6.07) is 0. The van der Waals surface area contributed by atoms with Crippen LogP contribution >= 0.6 is 0 Å². The first-order valence-corrected chi connectivity index (χ1v) is 5.70. The zero-order valence-electron chi connectivity index (χ0n) is 11.6. The van der Waals surface area contributed by atoms with Gasteiger partial charge in [0.05, 0.1) is 0 Å². The van der Waals surface area contributed by atoms with E-state index >= 15 is 0 Å². The summed E-state index contributed by atoms with van der Waals surface area (Å²) >= 11 is 0. The van der Waals surface area contributed by atoms with Crippen LogP contribution in [0.3, 0.4) is 0 Å². The van der Waals surface area contributed by atoms with Gasteiger partial charge in [0.25, 0.3) is 0 Å². The van der Waals surface area contributed by atoms with Gasteiger partial charge in [0, 0.05) is 17.7 Å². The summed E-state index contributed by atoms with van der Waals surface area (Å²) in [5.74, 6) is -0.481. The molecule has 0 heterocycles.